The lowest BCUT2D eigenvalue weighted by molar-refractivity contribution is -0.142. The maximum atomic E-state index is 13.1. The van der Waals surface area contributed by atoms with Gasteiger partial charge >= 0.3 is 5.97 Å². The van der Waals surface area contributed by atoms with E-state index >= 15 is 0 Å². The van der Waals surface area contributed by atoms with E-state index in [2.05, 4.69) is 4.74 Å². The molecule has 0 aliphatic rings. The topological polar surface area (TPSA) is 55.8 Å². The number of ether oxygens (including phenoxy) is 2. The molecule has 0 fully saturated rings. The molecule has 0 saturated carbocycles. The van der Waals surface area contributed by atoms with Crippen LogP contribution in [-0.2, 0) is 9.53 Å². The average Bonchev–Trinajstić information content (AvgIpc) is 2.29. The van der Waals surface area contributed by atoms with Crippen LogP contribution in [0.2, 0.25) is 0 Å². The van der Waals surface area contributed by atoms with Gasteiger partial charge in [0.2, 0.25) is 0 Å². The summed E-state index contributed by atoms with van der Waals surface area (Å²) in [6.45, 7) is 0. The summed E-state index contributed by atoms with van der Waals surface area (Å²) >= 11 is 0. The number of rotatable bonds is 4. The molecule has 5 heteroatoms. The molecule has 0 bridgehead atoms. The molecule has 0 aromatic heterocycles. The Labute approximate surface area is 92.6 Å². The van der Waals surface area contributed by atoms with Crippen LogP contribution in [0.1, 0.15) is 18.1 Å². The molecular formula is C11H13FO4. The van der Waals surface area contributed by atoms with Crippen molar-refractivity contribution in [1.82, 2.24) is 0 Å². The SMILES string of the molecule is COC(=O)C[C@@H](O)c1ccc(F)c(OC)c1. The number of halogens is 1. The molecule has 0 aliphatic heterocycles. The maximum absolute atomic E-state index is 13.1. The zero-order valence-electron chi connectivity index (χ0n) is 9.07. The van der Waals surface area contributed by atoms with Gasteiger partial charge in [-0.15, -0.1) is 0 Å². The summed E-state index contributed by atoms with van der Waals surface area (Å²) in [5.74, 6) is -1.02. The van der Waals surface area contributed by atoms with Crippen molar-refractivity contribution in [3.8, 4) is 5.75 Å². The fourth-order valence-corrected chi connectivity index (χ4v) is 1.24. The van der Waals surface area contributed by atoms with E-state index in [4.69, 9.17) is 4.74 Å². The van der Waals surface area contributed by atoms with E-state index in [1.54, 1.807) is 0 Å². The second-order valence-corrected chi connectivity index (χ2v) is 3.19. The van der Waals surface area contributed by atoms with Crippen LogP contribution in [-0.4, -0.2) is 25.3 Å². The van der Waals surface area contributed by atoms with Gasteiger partial charge in [0, 0.05) is 0 Å². The molecule has 0 aliphatic carbocycles. The highest BCUT2D eigenvalue weighted by Gasteiger charge is 2.15. The minimum Gasteiger partial charge on any atom is -0.494 e. The first kappa shape index (κ1) is 12.4. The average molecular weight is 228 g/mol. The summed E-state index contributed by atoms with van der Waals surface area (Å²) in [5, 5.41) is 9.65. The predicted molar refractivity (Wildman–Crippen MR) is 54.5 cm³/mol. The van der Waals surface area contributed by atoms with E-state index < -0.39 is 17.9 Å². The fraction of sp³-hybridized carbons (Fsp3) is 0.364. The monoisotopic (exact) mass is 228 g/mol. The van der Waals surface area contributed by atoms with Crippen molar-refractivity contribution in [2.45, 2.75) is 12.5 Å². The molecule has 16 heavy (non-hydrogen) atoms. The quantitative estimate of drug-likeness (QED) is 0.792. The number of carbonyl (C=O) groups excluding carboxylic acids is 1. The summed E-state index contributed by atoms with van der Waals surface area (Å²) in [6.07, 6.45) is -1.20. The van der Waals surface area contributed by atoms with E-state index in [1.807, 2.05) is 0 Å². The van der Waals surface area contributed by atoms with Crippen LogP contribution in [0.4, 0.5) is 4.39 Å². The van der Waals surface area contributed by atoms with E-state index in [0.29, 0.717) is 5.56 Å². The van der Waals surface area contributed by atoms with Crippen molar-refractivity contribution in [3.05, 3.63) is 29.6 Å². The lowest BCUT2D eigenvalue weighted by atomic mass is 10.1. The molecule has 1 aromatic carbocycles. The lowest BCUT2D eigenvalue weighted by Crippen LogP contribution is -2.08. The molecule has 0 saturated heterocycles. The molecular weight excluding hydrogens is 215 g/mol. The summed E-state index contributed by atoms with van der Waals surface area (Å²) < 4.78 is 22.2. The zero-order chi connectivity index (χ0) is 12.1. The van der Waals surface area contributed by atoms with Crippen LogP contribution >= 0.6 is 0 Å². The first-order valence-electron chi connectivity index (χ1n) is 4.66. The second kappa shape index (κ2) is 5.46. The fourth-order valence-electron chi connectivity index (χ4n) is 1.24. The van der Waals surface area contributed by atoms with Gasteiger partial charge in [-0.05, 0) is 17.7 Å². The number of esters is 1. The molecule has 1 rings (SSSR count). The Morgan fingerprint density at radius 2 is 2.19 bits per heavy atom. The van der Waals surface area contributed by atoms with Crippen molar-refractivity contribution < 1.29 is 23.8 Å². The van der Waals surface area contributed by atoms with Gasteiger partial charge in [0.15, 0.2) is 11.6 Å². The van der Waals surface area contributed by atoms with Crippen LogP contribution in [0.3, 0.4) is 0 Å². The van der Waals surface area contributed by atoms with Gasteiger partial charge in [0.05, 0.1) is 26.7 Å². The number of hydrogen-bond donors (Lipinski definition) is 1. The van der Waals surface area contributed by atoms with Crippen molar-refractivity contribution in [2.24, 2.45) is 0 Å². The van der Waals surface area contributed by atoms with E-state index in [0.717, 1.165) is 0 Å². The molecule has 1 N–H and O–H groups in total. The minimum atomic E-state index is -1.03. The first-order valence-corrected chi connectivity index (χ1v) is 4.66. The van der Waals surface area contributed by atoms with Crippen LogP contribution in [0, 0.1) is 5.82 Å². The van der Waals surface area contributed by atoms with Crippen LogP contribution in [0.25, 0.3) is 0 Å². The predicted octanol–water partition coefficient (Wildman–Crippen LogP) is 1.43. The highest BCUT2D eigenvalue weighted by atomic mass is 19.1. The Hall–Kier alpha value is -1.62. The van der Waals surface area contributed by atoms with E-state index in [-0.39, 0.29) is 12.2 Å². The minimum absolute atomic E-state index is 0.0291. The largest absolute Gasteiger partial charge is 0.494 e. The Balaban J connectivity index is 2.83. The van der Waals surface area contributed by atoms with Gasteiger partial charge in [-0.2, -0.15) is 0 Å². The number of benzene rings is 1. The Kier molecular flexibility index (Phi) is 4.25. The molecule has 0 radical (unpaired) electrons. The van der Waals surface area contributed by atoms with Gasteiger partial charge in [0.25, 0.3) is 0 Å². The Bertz CT molecular complexity index is 378. The molecule has 1 atom stereocenters. The van der Waals surface area contributed by atoms with Gasteiger partial charge in [-0.3, -0.25) is 4.79 Å². The summed E-state index contributed by atoms with van der Waals surface area (Å²) in [5.41, 5.74) is 0.406. The maximum Gasteiger partial charge on any atom is 0.308 e. The number of carbonyl (C=O) groups is 1. The number of aliphatic hydroxyl groups excluding tert-OH is 1. The third-order valence-corrected chi connectivity index (χ3v) is 2.15. The smallest absolute Gasteiger partial charge is 0.308 e. The summed E-state index contributed by atoms with van der Waals surface area (Å²) in [4.78, 5) is 10.9. The van der Waals surface area contributed by atoms with Crippen LogP contribution < -0.4 is 4.74 Å². The van der Waals surface area contributed by atoms with Crippen molar-refractivity contribution in [3.63, 3.8) is 0 Å². The van der Waals surface area contributed by atoms with Gasteiger partial charge in [0.1, 0.15) is 0 Å². The Morgan fingerprint density at radius 1 is 1.50 bits per heavy atom. The second-order valence-electron chi connectivity index (χ2n) is 3.19. The molecule has 0 amide bonds. The Morgan fingerprint density at radius 3 is 2.75 bits per heavy atom. The number of hydrogen-bond acceptors (Lipinski definition) is 4. The van der Waals surface area contributed by atoms with E-state index in [9.17, 15) is 14.3 Å². The first-order chi connectivity index (χ1) is 7.58. The van der Waals surface area contributed by atoms with Crippen molar-refractivity contribution in [2.75, 3.05) is 14.2 Å². The number of methoxy groups -OCH3 is 2. The highest BCUT2D eigenvalue weighted by molar-refractivity contribution is 5.70. The van der Waals surface area contributed by atoms with Crippen LogP contribution in [0.15, 0.2) is 18.2 Å². The molecule has 4 nitrogen and oxygen atoms in total. The van der Waals surface area contributed by atoms with Crippen molar-refractivity contribution >= 4 is 5.97 Å². The van der Waals surface area contributed by atoms with E-state index in [1.165, 1.54) is 32.4 Å². The molecule has 1 aromatic rings. The van der Waals surface area contributed by atoms with Crippen LogP contribution in [0.5, 0.6) is 5.75 Å². The van der Waals surface area contributed by atoms with Gasteiger partial charge < -0.3 is 14.6 Å². The molecule has 88 valence electrons. The molecule has 0 spiro atoms. The number of aliphatic hydroxyl groups is 1. The lowest BCUT2D eigenvalue weighted by Gasteiger charge is -2.11. The normalized spacial score (nSPS) is 12.0. The molecule has 0 unspecified atom stereocenters. The standard InChI is InChI=1S/C11H13FO4/c1-15-10-5-7(3-4-8(10)12)9(13)6-11(14)16-2/h3-5,9,13H,6H2,1-2H3/t9-/m1/s1. The molecule has 0 heterocycles. The highest BCUT2D eigenvalue weighted by Crippen LogP contribution is 2.24. The third-order valence-electron chi connectivity index (χ3n) is 2.15. The summed E-state index contributed by atoms with van der Waals surface area (Å²) in [6, 6.07) is 3.92. The van der Waals surface area contributed by atoms with Gasteiger partial charge in [-0.25, -0.2) is 4.39 Å². The summed E-state index contributed by atoms with van der Waals surface area (Å²) in [7, 11) is 2.56. The van der Waals surface area contributed by atoms with Gasteiger partial charge in [-0.1, -0.05) is 6.07 Å². The third kappa shape index (κ3) is 2.93. The zero-order valence-corrected chi connectivity index (χ0v) is 9.07. The van der Waals surface area contributed by atoms with Crippen molar-refractivity contribution in [1.29, 1.82) is 0 Å².